The fourth-order valence-corrected chi connectivity index (χ4v) is 3.59. The Kier molecular flexibility index (Phi) is 6.33. The highest BCUT2D eigenvalue weighted by Gasteiger charge is 2.32. The second-order valence-corrected chi connectivity index (χ2v) is 6.99. The van der Waals surface area contributed by atoms with Crippen LogP contribution in [0.25, 0.3) is 10.9 Å². The van der Waals surface area contributed by atoms with Gasteiger partial charge in [0.2, 0.25) is 0 Å². The van der Waals surface area contributed by atoms with Crippen molar-refractivity contribution in [1.82, 2.24) is 20.1 Å². The molecule has 3 N–H and O–H groups in total. The predicted octanol–water partition coefficient (Wildman–Crippen LogP) is 2.14. The molecule has 148 valence electrons. The van der Waals surface area contributed by atoms with Gasteiger partial charge in [0.1, 0.15) is 11.3 Å². The number of aromatic nitrogens is 3. The van der Waals surface area contributed by atoms with Gasteiger partial charge in [-0.15, -0.1) is 0 Å². The third-order valence-electron chi connectivity index (χ3n) is 4.83. The molecule has 1 aromatic carbocycles. The van der Waals surface area contributed by atoms with E-state index in [1.165, 1.54) is 6.07 Å². The van der Waals surface area contributed by atoms with Crippen LogP contribution in [0.5, 0.6) is 0 Å². The van der Waals surface area contributed by atoms with Crippen molar-refractivity contribution in [2.45, 2.75) is 26.0 Å². The van der Waals surface area contributed by atoms with E-state index in [0.717, 1.165) is 35.4 Å². The maximum absolute atomic E-state index is 13.9. The lowest BCUT2D eigenvalue weighted by Crippen LogP contribution is -2.22. The van der Waals surface area contributed by atoms with Crippen LogP contribution in [0, 0.1) is 18.7 Å². The quantitative estimate of drug-likeness (QED) is 0.594. The van der Waals surface area contributed by atoms with Crippen LogP contribution in [0.15, 0.2) is 36.4 Å². The third kappa shape index (κ3) is 4.71. The van der Waals surface area contributed by atoms with E-state index in [2.05, 4.69) is 20.1 Å². The lowest BCUT2D eigenvalue weighted by Gasteiger charge is -2.15. The normalized spacial score (nSPS) is 19.4. The number of halogens is 1. The van der Waals surface area contributed by atoms with Crippen LogP contribution in [0.3, 0.4) is 0 Å². The van der Waals surface area contributed by atoms with Crippen molar-refractivity contribution in [1.29, 1.82) is 0 Å². The maximum atomic E-state index is 13.9. The van der Waals surface area contributed by atoms with Gasteiger partial charge >= 0.3 is 0 Å². The Balaban J connectivity index is 0.000000706. The maximum Gasteiger partial charge on any atom is 0.290 e. The van der Waals surface area contributed by atoms with E-state index in [0.29, 0.717) is 18.6 Å². The topological polar surface area (TPSA) is 102 Å². The molecule has 0 amide bonds. The number of rotatable bonds is 4. The number of nitrogens with one attached hydrogen (secondary N) is 1. The minimum atomic E-state index is -0.380. The highest BCUT2D eigenvalue weighted by Crippen LogP contribution is 2.23. The van der Waals surface area contributed by atoms with Crippen LogP contribution in [0.2, 0.25) is 0 Å². The largest absolute Gasteiger partial charge is 0.483 e. The first-order valence-electron chi connectivity index (χ1n) is 9.03. The van der Waals surface area contributed by atoms with E-state index < -0.39 is 0 Å². The monoisotopic (exact) mass is 386 g/mol. The van der Waals surface area contributed by atoms with Crippen molar-refractivity contribution >= 4 is 17.4 Å². The van der Waals surface area contributed by atoms with Gasteiger partial charge in [0.25, 0.3) is 6.47 Å². The van der Waals surface area contributed by atoms with Gasteiger partial charge in [0.05, 0.1) is 17.5 Å². The third-order valence-corrected chi connectivity index (χ3v) is 4.83. The number of hydrogen-bond acceptors (Lipinski definition) is 5. The fourth-order valence-electron chi connectivity index (χ4n) is 3.59. The van der Waals surface area contributed by atoms with Crippen molar-refractivity contribution in [3.05, 3.63) is 59.3 Å². The summed E-state index contributed by atoms with van der Waals surface area (Å²) >= 11 is 0. The molecule has 8 heteroatoms. The number of carboxylic acid groups (broad SMARTS) is 1. The van der Waals surface area contributed by atoms with Crippen LogP contribution in [0.4, 0.5) is 4.39 Å². The molecule has 3 heterocycles. The van der Waals surface area contributed by atoms with Crippen LogP contribution in [0.1, 0.15) is 17.1 Å². The molecule has 0 spiro atoms. The molecule has 0 unspecified atom stereocenters. The van der Waals surface area contributed by atoms with Crippen molar-refractivity contribution in [2.24, 2.45) is 5.92 Å². The molecule has 1 fully saturated rings. The highest BCUT2D eigenvalue weighted by molar-refractivity contribution is 5.79. The van der Waals surface area contributed by atoms with E-state index in [9.17, 15) is 9.50 Å². The summed E-state index contributed by atoms with van der Waals surface area (Å²) < 4.78 is 13.9. The molecule has 2 aromatic heterocycles. The SMILES string of the molecule is Cc1cc(C[C@@H]2CN(Cc3ccc4cccc(F)c4n3)C[C@@H]2O)n[nH]1.O=CO. The molecule has 0 saturated carbocycles. The first-order valence-corrected chi connectivity index (χ1v) is 9.03. The average molecular weight is 386 g/mol. The number of para-hydroxylation sites is 1. The van der Waals surface area contributed by atoms with Gasteiger partial charge < -0.3 is 10.2 Å². The van der Waals surface area contributed by atoms with E-state index >= 15 is 0 Å². The number of hydrogen-bond donors (Lipinski definition) is 3. The number of aromatic amines is 1. The Morgan fingerprint density at radius 2 is 2.07 bits per heavy atom. The number of nitrogens with zero attached hydrogens (tertiary/aromatic N) is 3. The number of aryl methyl sites for hydroxylation is 1. The van der Waals surface area contributed by atoms with E-state index in [4.69, 9.17) is 9.90 Å². The second kappa shape index (κ2) is 8.90. The number of aliphatic hydroxyl groups excluding tert-OH is 1. The summed E-state index contributed by atoms with van der Waals surface area (Å²) in [5, 5.41) is 25.3. The molecule has 1 saturated heterocycles. The lowest BCUT2D eigenvalue weighted by atomic mass is 10.0. The van der Waals surface area contributed by atoms with Gasteiger partial charge in [0.15, 0.2) is 0 Å². The van der Waals surface area contributed by atoms with Gasteiger partial charge in [-0.2, -0.15) is 5.10 Å². The summed E-state index contributed by atoms with van der Waals surface area (Å²) in [5.74, 6) is -0.146. The number of fused-ring (bicyclic) bond motifs is 1. The number of likely N-dealkylation sites (tertiary alicyclic amines) is 1. The van der Waals surface area contributed by atoms with Crippen LogP contribution < -0.4 is 0 Å². The summed E-state index contributed by atoms with van der Waals surface area (Å²) in [6.45, 7) is 3.71. The summed E-state index contributed by atoms with van der Waals surface area (Å²) in [4.78, 5) is 15.0. The van der Waals surface area contributed by atoms with E-state index in [-0.39, 0.29) is 24.3 Å². The molecular weight excluding hydrogens is 363 g/mol. The predicted molar refractivity (Wildman–Crippen MR) is 102 cm³/mol. The van der Waals surface area contributed by atoms with Gasteiger partial charge in [-0.1, -0.05) is 18.2 Å². The van der Waals surface area contributed by atoms with E-state index in [1.807, 2.05) is 31.2 Å². The fraction of sp³-hybridized carbons (Fsp3) is 0.350. The molecule has 7 nitrogen and oxygen atoms in total. The van der Waals surface area contributed by atoms with Gasteiger partial charge in [0, 0.05) is 36.6 Å². The average Bonchev–Trinajstić information content (AvgIpc) is 3.22. The molecular formula is C20H23FN4O3. The zero-order valence-corrected chi connectivity index (χ0v) is 15.5. The number of pyridine rings is 1. The first kappa shape index (κ1) is 19.9. The standard InChI is InChI=1S/C19H21FN4O.CH2O2/c1-12-7-16(23-22-12)8-14-9-24(11-18(14)25)10-15-6-5-13-3-2-4-17(20)19(13)21-15;2-1-3/h2-7,14,18,25H,8-11H2,1H3,(H,22,23);1H,(H,2,3)/t14-,18+;/m1./s1. The molecule has 0 aliphatic carbocycles. The van der Waals surface area contributed by atoms with E-state index in [1.54, 1.807) is 6.07 Å². The smallest absolute Gasteiger partial charge is 0.290 e. The molecule has 0 bridgehead atoms. The molecule has 1 aliphatic heterocycles. The van der Waals surface area contributed by atoms with Gasteiger partial charge in [-0.25, -0.2) is 9.37 Å². The van der Waals surface area contributed by atoms with Crippen molar-refractivity contribution in [3.8, 4) is 0 Å². The summed E-state index contributed by atoms with van der Waals surface area (Å²) in [6, 6.07) is 10.8. The van der Waals surface area contributed by atoms with Crippen LogP contribution in [-0.4, -0.2) is 56.0 Å². The van der Waals surface area contributed by atoms with Crippen molar-refractivity contribution in [3.63, 3.8) is 0 Å². The Hall–Kier alpha value is -2.84. The summed E-state index contributed by atoms with van der Waals surface area (Å²) in [7, 11) is 0. The number of carbonyl (C=O) groups is 1. The number of β-amino-alcohol motifs (C(OH)–C–C–N with tert-alkyl or cyclic N) is 1. The Labute approximate surface area is 161 Å². The molecule has 0 radical (unpaired) electrons. The first-order chi connectivity index (χ1) is 13.5. The second-order valence-electron chi connectivity index (χ2n) is 6.99. The molecule has 3 aromatic rings. The molecule has 28 heavy (non-hydrogen) atoms. The van der Waals surface area contributed by atoms with Crippen LogP contribution >= 0.6 is 0 Å². The summed E-state index contributed by atoms with van der Waals surface area (Å²) in [5.41, 5.74) is 3.24. The summed E-state index contributed by atoms with van der Waals surface area (Å²) in [6.07, 6.45) is 0.371. The van der Waals surface area contributed by atoms with Crippen molar-refractivity contribution in [2.75, 3.05) is 13.1 Å². The minimum absolute atomic E-state index is 0.153. The minimum Gasteiger partial charge on any atom is -0.483 e. The Bertz CT molecular complexity index is 946. The number of H-pyrrole nitrogens is 1. The van der Waals surface area contributed by atoms with Gasteiger partial charge in [-0.3, -0.25) is 14.8 Å². The number of aliphatic hydroxyl groups is 1. The van der Waals surface area contributed by atoms with Crippen LogP contribution in [-0.2, 0) is 17.8 Å². The Morgan fingerprint density at radius 3 is 2.79 bits per heavy atom. The van der Waals surface area contributed by atoms with Crippen molar-refractivity contribution < 1.29 is 19.4 Å². The lowest BCUT2D eigenvalue weighted by molar-refractivity contribution is -0.122. The number of benzene rings is 1. The molecule has 2 atom stereocenters. The molecule has 1 aliphatic rings. The molecule has 4 rings (SSSR count). The zero-order chi connectivity index (χ0) is 20.1. The highest BCUT2D eigenvalue weighted by atomic mass is 19.1. The Morgan fingerprint density at radius 1 is 1.29 bits per heavy atom. The van der Waals surface area contributed by atoms with Gasteiger partial charge in [-0.05, 0) is 31.5 Å². The zero-order valence-electron chi connectivity index (χ0n) is 15.5.